The molecule has 0 saturated carbocycles. The number of aliphatic hydroxyl groups excluding tert-OH is 1. The maximum absolute atomic E-state index is 10.4. The third-order valence-corrected chi connectivity index (χ3v) is 3.97. The standard InChI is InChI=1S/C15H14Br2O2/c1-2-19-12-6-3-10(4-7-12)15(18)13-9-11(16)5-8-14(13)17/h3-9,15,18H,2H2,1H3. The van der Waals surface area contributed by atoms with E-state index in [2.05, 4.69) is 31.9 Å². The summed E-state index contributed by atoms with van der Waals surface area (Å²) in [6, 6.07) is 13.2. The molecule has 0 aliphatic rings. The van der Waals surface area contributed by atoms with Gasteiger partial charge in [-0.1, -0.05) is 44.0 Å². The summed E-state index contributed by atoms with van der Waals surface area (Å²) in [7, 11) is 0. The normalized spacial score (nSPS) is 12.2. The first-order chi connectivity index (χ1) is 9.11. The lowest BCUT2D eigenvalue weighted by Gasteiger charge is -2.14. The van der Waals surface area contributed by atoms with Gasteiger partial charge in [0.1, 0.15) is 11.9 Å². The molecule has 1 N–H and O–H groups in total. The molecule has 0 bridgehead atoms. The molecule has 4 heteroatoms. The highest BCUT2D eigenvalue weighted by Gasteiger charge is 2.14. The largest absolute Gasteiger partial charge is 0.494 e. The Morgan fingerprint density at radius 3 is 2.42 bits per heavy atom. The van der Waals surface area contributed by atoms with E-state index in [-0.39, 0.29) is 0 Å². The molecule has 0 aliphatic heterocycles. The third-order valence-electron chi connectivity index (χ3n) is 2.76. The smallest absolute Gasteiger partial charge is 0.119 e. The summed E-state index contributed by atoms with van der Waals surface area (Å²) < 4.78 is 7.22. The van der Waals surface area contributed by atoms with Crippen LogP contribution in [0.25, 0.3) is 0 Å². The van der Waals surface area contributed by atoms with E-state index in [1.165, 1.54) is 0 Å². The van der Waals surface area contributed by atoms with Gasteiger partial charge in [-0.3, -0.25) is 0 Å². The molecule has 0 fully saturated rings. The fourth-order valence-corrected chi connectivity index (χ4v) is 2.66. The van der Waals surface area contributed by atoms with Crippen molar-refractivity contribution in [2.75, 3.05) is 6.61 Å². The highest BCUT2D eigenvalue weighted by molar-refractivity contribution is 9.11. The number of ether oxygens (including phenoxy) is 1. The molecule has 0 aromatic heterocycles. The van der Waals surface area contributed by atoms with Crippen molar-refractivity contribution >= 4 is 31.9 Å². The third kappa shape index (κ3) is 3.59. The number of aliphatic hydroxyl groups is 1. The average molecular weight is 386 g/mol. The van der Waals surface area contributed by atoms with Crippen molar-refractivity contribution in [2.24, 2.45) is 0 Å². The van der Waals surface area contributed by atoms with Crippen molar-refractivity contribution in [2.45, 2.75) is 13.0 Å². The summed E-state index contributed by atoms with van der Waals surface area (Å²) >= 11 is 6.88. The van der Waals surface area contributed by atoms with Gasteiger partial charge in [-0.2, -0.15) is 0 Å². The molecule has 2 aromatic carbocycles. The summed E-state index contributed by atoms with van der Waals surface area (Å²) in [5.41, 5.74) is 1.67. The highest BCUT2D eigenvalue weighted by atomic mass is 79.9. The molecular weight excluding hydrogens is 372 g/mol. The van der Waals surface area contributed by atoms with Crippen LogP contribution in [0.1, 0.15) is 24.2 Å². The summed E-state index contributed by atoms with van der Waals surface area (Å²) in [4.78, 5) is 0. The number of hydrogen-bond donors (Lipinski definition) is 1. The van der Waals surface area contributed by atoms with Crippen molar-refractivity contribution < 1.29 is 9.84 Å². The van der Waals surface area contributed by atoms with E-state index < -0.39 is 6.10 Å². The number of benzene rings is 2. The first kappa shape index (κ1) is 14.6. The van der Waals surface area contributed by atoms with Gasteiger partial charge in [0.2, 0.25) is 0 Å². The van der Waals surface area contributed by atoms with E-state index in [4.69, 9.17) is 4.74 Å². The van der Waals surface area contributed by atoms with E-state index in [0.29, 0.717) is 6.61 Å². The van der Waals surface area contributed by atoms with E-state index in [1.807, 2.05) is 49.4 Å². The van der Waals surface area contributed by atoms with Crippen LogP contribution in [0.4, 0.5) is 0 Å². The Morgan fingerprint density at radius 2 is 1.79 bits per heavy atom. The molecule has 19 heavy (non-hydrogen) atoms. The average Bonchev–Trinajstić information content (AvgIpc) is 2.42. The second-order valence-electron chi connectivity index (χ2n) is 4.07. The SMILES string of the molecule is CCOc1ccc(C(O)c2cc(Br)ccc2Br)cc1. The minimum Gasteiger partial charge on any atom is -0.494 e. The van der Waals surface area contributed by atoms with Crippen molar-refractivity contribution in [3.63, 3.8) is 0 Å². The Kier molecular flexibility index (Phi) is 5.02. The fraction of sp³-hybridized carbons (Fsp3) is 0.200. The first-order valence-electron chi connectivity index (χ1n) is 5.97. The second kappa shape index (κ2) is 6.55. The monoisotopic (exact) mass is 384 g/mol. The predicted octanol–water partition coefficient (Wildman–Crippen LogP) is 4.69. The molecule has 2 rings (SSSR count). The lowest BCUT2D eigenvalue weighted by Crippen LogP contribution is -2.01. The second-order valence-corrected chi connectivity index (χ2v) is 5.84. The van der Waals surface area contributed by atoms with Gasteiger partial charge < -0.3 is 9.84 Å². The molecule has 2 aromatic rings. The van der Waals surface area contributed by atoms with Gasteiger partial charge in [0.05, 0.1) is 6.61 Å². The maximum Gasteiger partial charge on any atom is 0.119 e. The van der Waals surface area contributed by atoms with Crippen LogP contribution in [0.5, 0.6) is 5.75 Å². The fourth-order valence-electron chi connectivity index (χ4n) is 1.82. The van der Waals surface area contributed by atoms with E-state index in [1.54, 1.807) is 0 Å². The molecule has 0 radical (unpaired) electrons. The molecule has 0 amide bonds. The Labute approximate surface area is 129 Å². The molecule has 0 heterocycles. The molecule has 1 unspecified atom stereocenters. The lowest BCUT2D eigenvalue weighted by atomic mass is 10.0. The zero-order chi connectivity index (χ0) is 13.8. The van der Waals surface area contributed by atoms with Crippen molar-refractivity contribution in [1.82, 2.24) is 0 Å². The summed E-state index contributed by atoms with van der Waals surface area (Å²) in [5, 5.41) is 10.4. The van der Waals surface area contributed by atoms with Crippen LogP contribution in [0, 0.1) is 0 Å². The van der Waals surface area contributed by atoms with E-state index in [0.717, 1.165) is 25.8 Å². The number of hydrogen-bond acceptors (Lipinski definition) is 2. The van der Waals surface area contributed by atoms with Gasteiger partial charge in [0.15, 0.2) is 0 Å². The van der Waals surface area contributed by atoms with Crippen LogP contribution in [-0.4, -0.2) is 11.7 Å². The van der Waals surface area contributed by atoms with E-state index >= 15 is 0 Å². The quantitative estimate of drug-likeness (QED) is 0.826. The van der Waals surface area contributed by atoms with Gasteiger partial charge >= 0.3 is 0 Å². The predicted molar refractivity (Wildman–Crippen MR) is 83.5 cm³/mol. The Bertz CT molecular complexity index is 553. The van der Waals surface area contributed by atoms with Crippen LogP contribution in [0.3, 0.4) is 0 Å². The van der Waals surface area contributed by atoms with Gasteiger partial charge in [0, 0.05) is 14.5 Å². The van der Waals surface area contributed by atoms with Gasteiger partial charge in [-0.05, 0) is 42.8 Å². The highest BCUT2D eigenvalue weighted by Crippen LogP contribution is 2.31. The molecule has 1 atom stereocenters. The summed E-state index contributed by atoms with van der Waals surface area (Å²) in [6.45, 7) is 2.58. The van der Waals surface area contributed by atoms with Crippen molar-refractivity contribution in [3.05, 3.63) is 62.5 Å². The van der Waals surface area contributed by atoms with Crippen molar-refractivity contribution in [3.8, 4) is 5.75 Å². The van der Waals surface area contributed by atoms with Gasteiger partial charge in [0.25, 0.3) is 0 Å². The van der Waals surface area contributed by atoms with Crippen molar-refractivity contribution in [1.29, 1.82) is 0 Å². The molecule has 0 aliphatic carbocycles. The van der Waals surface area contributed by atoms with Crippen LogP contribution in [-0.2, 0) is 0 Å². The molecule has 2 nitrogen and oxygen atoms in total. The minimum atomic E-state index is -0.664. The zero-order valence-electron chi connectivity index (χ0n) is 10.4. The Morgan fingerprint density at radius 1 is 1.11 bits per heavy atom. The van der Waals surface area contributed by atoms with E-state index in [9.17, 15) is 5.11 Å². The number of rotatable bonds is 4. The summed E-state index contributed by atoms with van der Waals surface area (Å²) in [6.07, 6.45) is -0.664. The van der Waals surface area contributed by atoms with Crippen LogP contribution >= 0.6 is 31.9 Å². The molecule has 0 saturated heterocycles. The summed E-state index contributed by atoms with van der Waals surface area (Å²) in [5.74, 6) is 0.812. The Balaban J connectivity index is 2.27. The van der Waals surface area contributed by atoms with Crippen LogP contribution < -0.4 is 4.74 Å². The molecular formula is C15H14Br2O2. The molecule has 100 valence electrons. The number of halogens is 2. The maximum atomic E-state index is 10.4. The Hall–Kier alpha value is -0.840. The van der Waals surface area contributed by atoms with Gasteiger partial charge in [-0.15, -0.1) is 0 Å². The zero-order valence-corrected chi connectivity index (χ0v) is 13.6. The lowest BCUT2D eigenvalue weighted by molar-refractivity contribution is 0.219. The van der Waals surface area contributed by atoms with Crippen LogP contribution in [0.2, 0.25) is 0 Å². The molecule has 0 spiro atoms. The minimum absolute atomic E-state index is 0.638. The topological polar surface area (TPSA) is 29.5 Å². The van der Waals surface area contributed by atoms with Gasteiger partial charge in [-0.25, -0.2) is 0 Å². The van der Waals surface area contributed by atoms with Crippen LogP contribution in [0.15, 0.2) is 51.4 Å². The first-order valence-corrected chi connectivity index (χ1v) is 7.56.